The lowest BCUT2D eigenvalue weighted by atomic mass is 10.2. The Morgan fingerprint density at radius 2 is 2.12 bits per heavy atom. The third-order valence-electron chi connectivity index (χ3n) is 3.97. The largest absolute Gasteiger partial charge is 0.486 e. The number of hydrogen-bond donors (Lipinski definition) is 0. The van der Waals surface area contributed by atoms with Crippen LogP contribution in [0.3, 0.4) is 0 Å². The van der Waals surface area contributed by atoms with E-state index in [0.29, 0.717) is 18.7 Å². The number of aromatic nitrogens is 1. The third-order valence-corrected chi connectivity index (χ3v) is 4.76. The van der Waals surface area contributed by atoms with Crippen molar-refractivity contribution < 1.29 is 14.3 Å². The fourth-order valence-electron chi connectivity index (χ4n) is 2.75. The number of nitrogens with zero attached hydrogens (tertiary/aromatic N) is 2. The first-order valence-electron chi connectivity index (χ1n) is 7.68. The molecule has 0 N–H and O–H groups in total. The summed E-state index contributed by atoms with van der Waals surface area (Å²) in [5.74, 6) is 1.44. The lowest BCUT2D eigenvalue weighted by molar-refractivity contribution is 0.0521. The monoisotopic (exact) mass is 340 g/mol. The second kappa shape index (κ2) is 6.13. The number of amides is 1. The minimum Gasteiger partial charge on any atom is -0.486 e. The quantitative estimate of drug-likeness (QED) is 0.735. The van der Waals surface area contributed by atoms with Crippen LogP contribution < -0.4 is 9.47 Å². The first-order valence-corrected chi connectivity index (χ1v) is 8.56. The summed E-state index contributed by atoms with van der Waals surface area (Å²) in [5.41, 5.74) is 3.36. The van der Waals surface area contributed by atoms with Crippen LogP contribution in [0.25, 0.3) is 10.2 Å². The smallest absolute Gasteiger partial charge is 0.253 e. The molecule has 2 heterocycles. The van der Waals surface area contributed by atoms with Crippen LogP contribution in [0, 0.1) is 0 Å². The van der Waals surface area contributed by atoms with Crippen LogP contribution in [0.2, 0.25) is 0 Å². The lowest BCUT2D eigenvalue weighted by Crippen LogP contribution is -2.41. The average molecular weight is 340 g/mol. The highest BCUT2D eigenvalue weighted by Gasteiger charge is 2.24. The van der Waals surface area contributed by atoms with Crippen molar-refractivity contribution in [1.82, 2.24) is 9.88 Å². The topological polar surface area (TPSA) is 51.7 Å². The molecule has 6 heteroatoms. The maximum Gasteiger partial charge on any atom is 0.253 e. The van der Waals surface area contributed by atoms with Gasteiger partial charge in [0.15, 0.2) is 17.6 Å². The lowest BCUT2D eigenvalue weighted by Gasteiger charge is -2.29. The van der Waals surface area contributed by atoms with E-state index < -0.39 is 0 Å². The molecule has 1 amide bonds. The zero-order chi connectivity index (χ0) is 16.5. The van der Waals surface area contributed by atoms with Crippen molar-refractivity contribution in [3.63, 3.8) is 0 Å². The molecule has 0 saturated heterocycles. The highest BCUT2D eigenvalue weighted by molar-refractivity contribution is 7.16. The first kappa shape index (κ1) is 15.0. The van der Waals surface area contributed by atoms with Crippen molar-refractivity contribution in [2.24, 2.45) is 0 Å². The Morgan fingerprint density at radius 1 is 1.29 bits per heavy atom. The van der Waals surface area contributed by atoms with Gasteiger partial charge in [-0.2, -0.15) is 0 Å². The number of ether oxygens (including phenoxy) is 2. The minimum absolute atomic E-state index is 0.0345. The molecule has 1 aliphatic heterocycles. The van der Waals surface area contributed by atoms with Gasteiger partial charge in [-0.05, 0) is 30.3 Å². The minimum atomic E-state index is -0.180. The van der Waals surface area contributed by atoms with E-state index in [2.05, 4.69) is 4.98 Å². The normalized spacial score (nSPS) is 16.1. The van der Waals surface area contributed by atoms with Crippen molar-refractivity contribution in [2.45, 2.75) is 6.10 Å². The maximum absolute atomic E-state index is 12.6. The van der Waals surface area contributed by atoms with Crippen molar-refractivity contribution >= 4 is 27.5 Å². The molecule has 0 aliphatic carbocycles. The van der Waals surface area contributed by atoms with Gasteiger partial charge in [0.05, 0.1) is 22.3 Å². The predicted octanol–water partition coefficient (Wildman–Crippen LogP) is 3.21. The van der Waals surface area contributed by atoms with Crippen molar-refractivity contribution in [2.75, 3.05) is 20.2 Å². The van der Waals surface area contributed by atoms with Gasteiger partial charge < -0.3 is 14.4 Å². The molecule has 2 aromatic carbocycles. The number of thiazole rings is 1. The fraction of sp³-hybridized carbons (Fsp3) is 0.222. The summed E-state index contributed by atoms with van der Waals surface area (Å²) < 4.78 is 12.6. The SMILES string of the molecule is CN(C[C@H]1COc2ccccc2O1)C(=O)c1ccc2ncsc2c1. The van der Waals surface area contributed by atoms with Gasteiger partial charge in [-0.3, -0.25) is 4.79 Å². The Morgan fingerprint density at radius 3 is 3.00 bits per heavy atom. The van der Waals surface area contributed by atoms with E-state index >= 15 is 0 Å². The molecule has 0 unspecified atom stereocenters. The highest BCUT2D eigenvalue weighted by Crippen LogP contribution is 2.31. The molecular weight excluding hydrogens is 324 g/mol. The fourth-order valence-corrected chi connectivity index (χ4v) is 3.47. The van der Waals surface area contributed by atoms with E-state index in [1.165, 1.54) is 11.3 Å². The Hall–Kier alpha value is -2.60. The number of fused-ring (bicyclic) bond motifs is 2. The number of benzene rings is 2. The number of carbonyl (C=O) groups excluding carboxylic acids is 1. The summed E-state index contributed by atoms with van der Waals surface area (Å²) >= 11 is 1.53. The molecule has 0 bridgehead atoms. The predicted molar refractivity (Wildman–Crippen MR) is 92.9 cm³/mol. The standard InChI is InChI=1S/C18H16N2O3S/c1-20(9-13-10-22-15-4-2-3-5-16(15)23-13)18(21)12-6-7-14-17(8-12)24-11-19-14/h2-8,11,13H,9-10H2,1H3/t13-/m0/s1. The molecule has 0 fully saturated rings. The molecule has 4 rings (SSSR count). The molecule has 0 radical (unpaired) electrons. The van der Waals surface area contributed by atoms with Crippen LogP contribution in [-0.4, -0.2) is 42.1 Å². The molecule has 122 valence electrons. The van der Waals surface area contributed by atoms with E-state index in [9.17, 15) is 4.79 Å². The van der Waals surface area contributed by atoms with E-state index in [4.69, 9.17) is 9.47 Å². The van der Waals surface area contributed by atoms with Crippen LogP contribution in [-0.2, 0) is 0 Å². The maximum atomic E-state index is 12.6. The number of rotatable bonds is 3. The van der Waals surface area contributed by atoms with E-state index in [-0.39, 0.29) is 12.0 Å². The summed E-state index contributed by atoms with van der Waals surface area (Å²) in [6, 6.07) is 13.2. The van der Waals surface area contributed by atoms with Gasteiger partial charge in [0.2, 0.25) is 0 Å². The summed E-state index contributed by atoms with van der Waals surface area (Å²) in [6.07, 6.45) is -0.180. The Bertz CT molecular complexity index is 893. The van der Waals surface area contributed by atoms with E-state index in [0.717, 1.165) is 21.7 Å². The van der Waals surface area contributed by atoms with Gasteiger partial charge in [-0.25, -0.2) is 4.98 Å². The molecule has 0 saturated carbocycles. The van der Waals surface area contributed by atoms with Crippen molar-refractivity contribution in [1.29, 1.82) is 0 Å². The van der Waals surface area contributed by atoms with Crippen LogP contribution in [0.15, 0.2) is 48.0 Å². The molecule has 24 heavy (non-hydrogen) atoms. The van der Waals surface area contributed by atoms with Crippen molar-refractivity contribution in [3.05, 3.63) is 53.5 Å². The number of carbonyl (C=O) groups is 1. The Balaban J connectivity index is 1.46. The zero-order valence-electron chi connectivity index (χ0n) is 13.1. The van der Waals surface area contributed by atoms with Gasteiger partial charge in [-0.15, -0.1) is 11.3 Å². The van der Waals surface area contributed by atoms with Crippen LogP contribution in [0.1, 0.15) is 10.4 Å². The van der Waals surface area contributed by atoms with Crippen molar-refractivity contribution in [3.8, 4) is 11.5 Å². The van der Waals surface area contributed by atoms with Crippen LogP contribution in [0.4, 0.5) is 0 Å². The number of hydrogen-bond acceptors (Lipinski definition) is 5. The Labute approximate surface area is 143 Å². The second-order valence-electron chi connectivity index (χ2n) is 5.72. The van der Waals surface area contributed by atoms with Gasteiger partial charge >= 0.3 is 0 Å². The van der Waals surface area contributed by atoms with Gasteiger partial charge in [0.25, 0.3) is 5.91 Å². The third kappa shape index (κ3) is 2.80. The van der Waals surface area contributed by atoms with Crippen LogP contribution >= 0.6 is 11.3 Å². The number of likely N-dealkylation sites (N-methyl/N-ethyl adjacent to an activating group) is 1. The molecule has 5 nitrogen and oxygen atoms in total. The molecule has 0 spiro atoms. The summed E-state index contributed by atoms with van der Waals surface area (Å²) in [4.78, 5) is 18.6. The highest BCUT2D eigenvalue weighted by atomic mass is 32.1. The summed E-state index contributed by atoms with van der Waals surface area (Å²) in [5, 5.41) is 0. The molecule has 1 aromatic heterocycles. The molecule has 1 aliphatic rings. The van der Waals surface area contributed by atoms with Gasteiger partial charge in [-0.1, -0.05) is 12.1 Å². The molecule has 1 atom stereocenters. The summed E-state index contributed by atoms with van der Waals surface area (Å²) in [6.45, 7) is 0.899. The van der Waals surface area contributed by atoms with Gasteiger partial charge in [0.1, 0.15) is 6.61 Å². The van der Waals surface area contributed by atoms with E-state index in [1.807, 2.05) is 42.5 Å². The first-order chi connectivity index (χ1) is 11.7. The van der Waals surface area contributed by atoms with Crippen LogP contribution in [0.5, 0.6) is 11.5 Å². The van der Waals surface area contributed by atoms with Gasteiger partial charge in [0, 0.05) is 12.6 Å². The summed E-state index contributed by atoms with van der Waals surface area (Å²) in [7, 11) is 1.78. The molecular formula is C18H16N2O3S. The second-order valence-corrected chi connectivity index (χ2v) is 6.60. The average Bonchev–Trinajstić information content (AvgIpc) is 3.08. The Kier molecular flexibility index (Phi) is 3.82. The molecule has 3 aromatic rings. The number of para-hydroxylation sites is 2. The van der Waals surface area contributed by atoms with E-state index in [1.54, 1.807) is 17.5 Å². The zero-order valence-corrected chi connectivity index (χ0v) is 14.0.